The SMILES string of the molecule is O=C1[C@@H]2[C@H]([C@H](O)c3ccc(Cl)cc3)N[C@@]3(C(=O)Nc4c(Cl)cccc43)[C@@H]2C(=O)N1CCc1ccccc1. The molecule has 0 aliphatic carbocycles. The number of fused-ring (bicyclic) bond motifs is 4. The fourth-order valence-corrected chi connectivity index (χ4v) is 6.37. The van der Waals surface area contributed by atoms with Gasteiger partial charge in [-0.25, -0.2) is 0 Å². The monoisotopic (exact) mass is 535 g/mol. The zero-order valence-corrected chi connectivity index (χ0v) is 21.0. The molecule has 0 radical (unpaired) electrons. The van der Waals surface area contributed by atoms with Gasteiger partial charge < -0.3 is 10.4 Å². The molecule has 3 aliphatic rings. The lowest BCUT2D eigenvalue weighted by molar-refractivity contribution is -0.143. The second-order valence-corrected chi connectivity index (χ2v) is 10.5. The minimum atomic E-state index is -1.54. The Balaban J connectivity index is 1.43. The molecule has 3 aromatic carbocycles. The van der Waals surface area contributed by atoms with Gasteiger partial charge in [0.05, 0.1) is 34.7 Å². The maximum absolute atomic E-state index is 13.9. The van der Waals surface area contributed by atoms with Crippen LogP contribution in [0, 0.1) is 11.8 Å². The van der Waals surface area contributed by atoms with Gasteiger partial charge in [-0.1, -0.05) is 77.8 Å². The number of likely N-dealkylation sites (tertiary alicyclic amines) is 1. The molecule has 0 bridgehead atoms. The number of nitrogens with one attached hydrogen (secondary N) is 2. The van der Waals surface area contributed by atoms with Crippen molar-refractivity contribution < 1.29 is 19.5 Å². The van der Waals surface area contributed by atoms with Crippen LogP contribution >= 0.6 is 23.2 Å². The van der Waals surface area contributed by atoms with Crippen LogP contribution in [0.15, 0.2) is 72.8 Å². The minimum absolute atomic E-state index is 0.179. The summed E-state index contributed by atoms with van der Waals surface area (Å²) in [5, 5.41) is 18.3. The maximum atomic E-state index is 13.9. The molecule has 0 unspecified atom stereocenters. The summed E-state index contributed by atoms with van der Waals surface area (Å²) >= 11 is 12.4. The van der Waals surface area contributed by atoms with Crippen molar-refractivity contribution in [2.24, 2.45) is 11.8 Å². The molecule has 37 heavy (non-hydrogen) atoms. The Morgan fingerprint density at radius 2 is 1.65 bits per heavy atom. The Morgan fingerprint density at radius 3 is 2.38 bits per heavy atom. The second-order valence-electron chi connectivity index (χ2n) is 9.66. The molecule has 9 heteroatoms. The van der Waals surface area contributed by atoms with Crippen LogP contribution in [-0.4, -0.2) is 40.3 Å². The van der Waals surface area contributed by atoms with Crippen LogP contribution in [0.5, 0.6) is 0 Å². The number of carbonyl (C=O) groups is 3. The third kappa shape index (κ3) is 3.61. The molecule has 1 spiro atoms. The second kappa shape index (κ2) is 8.96. The summed E-state index contributed by atoms with van der Waals surface area (Å²) in [6, 6.07) is 20.4. The van der Waals surface area contributed by atoms with Gasteiger partial charge in [-0.05, 0) is 35.7 Å². The predicted molar refractivity (Wildman–Crippen MR) is 139 cm³/mol. The van der Waals surface area contributed by atoms with E-state index in [4.69, 9.17) is 23.2 Å². The first-order chi connectivity index (χ1) is 17.8. The highest BCUT2D eigenvalue weighted by molar-refractivity contribution is 6.35. The molecule has 3 heterocycles. The van der Waals surface area contributed by atoms with E-state index in [1.807, 2.05) is 30.3 Å². The molecule has 0 saturated carbocycles. The summed E-state index contributed by atoms with van der Waals surface area (Å²) in [4.78, 5) is 42.6. The number of hydrogen-bond donors (Lipinski definition) is 3. The molecule has 188 valence electrons. The van der Waals surface area contributed by atoms with Crippen molar-refractivity contribution in [1.29, 1.82) is 0 Å². The number of rotatable bonds is 5. The zero-order chi connectivity index (χ0) is 25.9. The highest BCUT2D eigenvalue weighted by atomic mass is 35.5. The lowest BCUT2D eigenvalue weighted by atomic mass is 9.76. The molecule has 3 amide bonds. The number of hydrogen-bond acceptors (Lipinski definition) is 5. The lowest BCUT2D eigenvalue weighted by Crippen LogP contribution is -2.54. The highest BCUT2D eigenvalue weighted by Gasteiger charge is 2.71. The van der Waals surface area contributed by atoms with Gasteiger partial charge in [0.25, 0.3) is 0 Å². The van der Waals surface area contributed by atoms with Crippen LogP contribution < -0.4 is 10.6 Å². The molecule has 5 atom stereocenters. The number of nitrogens with zero attached hydrogens (tertiary/aromatic N) is 1. The van der Waals surface area contributed by atoms with Crippen molar-refractivity contribution in [3.05, 3.63) is 99.5 Å². The molecule has 3 aromatic rings. The topological polar surface area (TPSA) is 98.7 Å². The zero-order valence-electron chi connectivity index (χ0n) is 19.5. The molecule has 6 rings (SSSR count). The predicted octanol–water partition coefficient (Wildman–Crippen LogP) is 3.69. The Morgan fingerprint density at radius 1 is 0.919 bits per heavy atom. The summed E-state index contributed by atoms with van der Waals surface area (Å²) in [7, 11) is 0. The maximum Gasteiger partial charge on any atom is 0.250 e. The average Bonchev–Trinajstić information content (AvgIpc) is 3.49. The first kappa shape index (κ1) is 24.1. The minimum Gasteiger partial charge on any atom is -0.387 e. The Bertz CT molecular complexity index is 1410. The van der Waals surface area contributed by atoms with E-state index in [0.717, 1.165) is 5.56 Å². The highest BCUT2D eigenvalue weighted by Crippen LogP contribution is 2.55. The number of halogens is 2. The summed E-state index contributed by atoms with van der Waals surface area (Å²) < 4.78 is 0. The van der Waals surface area contributed by atoms with E-state index in [9.17, 15) is 19.5 Å². The van der Waals surface area contributed by atoms with Crippen LogP contribution in [0.3, 0.4) is 0 Å². The van der Waals surface area contributed by atoms with Gasteiger partial charge in [0.1, 0.15) is 5.54 Å². The summed E-state index contributed by atoms with van der Waals surface area (Å²) in [5.41, 5.74) is 0.866. The van der Waals surface area contributed by atoms with E-state index in [1.54, 1.807) is 42.5 Å². The fraction of sp³-hybridized carbons (Fsp3) is 0.250. The number of imide groups is 1. The van der Waals surface area contributed by atoms with Crippen molar-refractivity contribution in [2.45, 2.75) is 24.1 Å². The standard InChI is InChI=1S/C28H23Cl2N3O4/c29-17-11-9-16(10-12-17)24(34)23-20-21(26(36)33(25(20)35)14-13-15-5-2-1-3-6-15)28(32-23)18-7-4-8-19(30)22(18)31-27(28)37/h1-12,20-21,23-24,32,34H,13-14H2,(H,31,37)/t20-,21-,23+,24+,28+/m0/s1. The molecule has 3 N–H and O–H groups in total. The summed E-state index contributed by atoms with van der Waals surface area (Å²) in [6.45, 7) is 0.179. The van der Waals surface area contributed by atoms with Crippen molar-refractivity contribution >= 4 is 46.6 Å². The average molecular weight is 536 g/mol. The fourth-order valence-electron chi connectivity index (χ4n) is 6.03. The van der Waals surface area contributed by atoms with Gasteiger partial charge in [0.15, 0.2) is 0 Å². The number of benzene rings is 3. The number of carbonyl (C=O) groups excluding carboxylic acids is 3. The number of para-hydroxylation sites is 1. The number of amides is 3. The van der Waals surface area contributed by atoms with Crippen LogP contribution in [0.1, 0.15) is 22.8 Å². The van der Waals surface area contributed by atoms with Gasteiger partial charge in [-0.2, -0.15) is 0 Å². The van der Waals surface area contributed by atoms with Crippen LogP contribution in [0.2, 0.25) is 10.0 Å². The number of anilines is 1. The number of aliphatic hydroxyl groups is 1. The smallest absolute Gasteiger partial charge is 0.250 e. The van der Waals surface area contributed by atoms with E-state index >= 15 is 0 Å². The van der Waals surface area contributed by atoms with Crippen molar-refractivity contribution in [3.8, 4) is 0 Å². The number of aliphatic hydroxyl groups excluding tert-OH is 1. The molecule has 2 saturated heterocycles. The van der Waals surface area contributed by atoms with Crippen LogP contribution in [-0.2, 0) is 26.3 Å². The van der Waals surface area contributed by atoms with Crippen LogP contribution in [0.25, 0.3) is 0 Å². The normalized spacial score (nSPS) is 26.9. The molecule has 2 fully saturated rings. The Labute approximate surface area is 223 Å². The Hall–Kier alpha value is -3.23. The van der Waals surface area contributed by atoms with Gasteiger partial charge in [0.2, 0.25) is 17.7 Å². The van der Waals surface area contributed by atoms with E-state index < -0.39 is 47.2 Å². The largest absolute Gasteiger partial charge is 0.387 e. The van der Waals surface area contributed by atoms with Gasteiger partial charge in [0, 0.05) is 17.1 Å². The van der Waals surface area contributed by atoms with Gasteiger partial charge in [-0.3, -0.25) is 24.6 Å². The quantitative estimate of drug-likeness (QED) is 0.433. The van der Waals surface area contributed by atoms with Crippen molar-refractivity contribution in [3.63, 3.8) is 0 Å². The first-order valence-electron chi connectivity index (χ1n) is 12.0. The lowest BCUT2D eigenvalue weighted by Gasteiger charge is -2.30. The van der Waals surface area contributed by atoms with Crippen molar-refractivity contribution in [2.75, 3.05) is 11.9 Å². The van der Waals surface area contributed by atoms with Crippen LogP contribution in [0.4, 0.5) is 5.69 Å². The Kier molecular flexibility index (Phi) is 5.84. The third-order valence-electron chi connectivity index (χ3n) is 7.74. The summed E-state index contributed by atoms with van der Waals surface area (Å²) in [5.74, 6) is -3.31. The van der Waals surface area contributed by atoms with Gasteiger partial charge >= 0.3 is 0 Å². The molecule has 7 nitrogen and oxygen atoms in total. The van der Waals surface area contributed by atoms with E-state index in [-0.39, 0.29) is 6.54 Å². The first-order valence-corrected chi connectivity index (χ1v) is 12.8. The van der Waals surface area contributed by atoms with E-state index in [2.05, 4.69) is 10.6 Å². The summed E-state index contributed by atoms with van der Waals surface area (Å²) in [6.07, 6.45) is -0.692. The molecule has 0 aromatic heterocycles. The van der Waals surface area contributed by atoms with E-state index in [1.165, 1.54) is 4.90 Å². The third-order valence-corrected chi connectivity index (χ3v) is 8.31. The molecular formula is C28H23Cl2N3O4. The molecule has 3 aliphatic heterocycles. The van der Waals surface area contributed by atoms with E-state index in [0.29, 0.717) is 33.3 Å². The van der Waals surface area contributed by atoms with Crippen molar-refractivity contribution in [1.82, 2.24) is 10.2 Å². The molecular weight excluding hydrogens is 513 g/mol. The van der Waals surface area contributed by atoms with Gasteiger partial charge in [-0.15, -0.1) is 0 Å².